The zero-order valence-electron chi connectivity index (χ0n) is 8.20. The third-order valence-corrected chi connectivity index (χ3v) is 2.33. The summed E-state index contributed by atoms with van der Waals surface area (Å²) in [5.41, 5.74) is 4.42. The summed E-state index contributed by atoms with van der Waals surface area (Å²) in [6.45, 7) is 4.15. The predicted molar refractivity (Wildman–Crippen MR) is 52.6 cm³/mol. The van der Waals surface area contributed by atoms with E-state index in [1.54, 1.807) is 0 Å². The van der Waals surface area contributed by atoms with Crippen LogP contribution >= 0.6 is 0 Å². The van der Waals surface area contributed by atoms with Gasteiger partial charge in [-0.1, -0.05) is 6.92 Å². The highest BCUT2D eigenvalue weighted by molar-refractivity contribution is 5.79. The first-order chi connectivity index (χ1) is 6.22. The molecule has 2 aromatic heterocycles. The normalized spacial score (nSPS) is 11.0. The number of hydrogen-bond donors (Lipinski definition) is 0. The Kier molecular flexibility index (Phi) is 1.79. The van der Waals surface area contributed by atoms with Gasteiger partial charge in [-0.05, 0) is 25.0 Å². The summed E-state index contributed by atoms with van der Waals surface area (Å²) in [4.78, 5) is 0. The summed E-state index contributed by atoms with van der Waals surface area (Å²) >= 11 is 0. The molecule has 0 unspecified atom stereocenters. The molecular formula is C10H13N3. The maximum absolute atomic E-state index is 4.20. The standard InChI is InChI=1S/C10H13N3/c1-4-8-5-9-10(12-11-8)7(2)6-13(9)3/h5-6H,4H2,1-3H3. The van der Waals surface area contributed by atoms with Crippen molar-refractivity contribution in [2.45, 2.75) is 20.3 Å². The molecule has 3 nitrogen and oxygen atoms in total. The zero-order valence-corrected chi connectivity index (χ0v) is 8.20. The molecule has 0 aliphatic rings. The van der Waals surface area contributed by atoms with Crippen LogP contribution in [0.3, 0.4) is 0 Å². The van der Waals surface area contributed by atoms with Crippen LogP contribution in [0.1, 0.15) is 18.2 Å². The van der Waals surface area contributed by atoms with E-state index in [2.05, 4.69) is 40.9 Å². The maximum atomic E-state index is 4.20. The van der Waals surface area contributed by atoms with Crippen LogP contribution in [0.2, 0.25) is 0 Å². The van der Waals surface area contributed by atoms with E-state index in [1.807, 2.05) is 7.05 Å². The van der Waals surface area contributed by atoms with Crippen LogP contribution in [0, 0.1) is 6.92 Å². The van der Waals surface area contributed by atoms with E-state index in [1.165, 1.54) is 11.1 Å². The van der Waals surface area contributed by atoms with Gasteiger partial charge in [0, 0.05) is 13.2 Å². The highest BCUT2D eigenvalue weighted by Gasteiger charge is 2.05. The molecule has 0 spiro atoms. The van der Waals surface area contributed by atoms with Crippen LogP contribution < -0.4 is 0 Å². The van der Waals surface area contributed by atoms with Crippen LogP contribution in [-0.4, -0.2) is 14.8 Å². The van der Waals surface area contributed by atoms with Gasteiger partial charge in [0.25, 0.3) is 0 Å². The molecule has 2 rings (SSSR count). The summed E-state index contributed by atoms with van der Waals surface area (Å²) < 4.78 is 2.10. The molecule has 13 heavy (non-hydrogen) atoms. The highest BCUT2D eigenvalue weighted by atomic mass is 15.1. The molecule has 2 heterocycles. The molecular weight excluding hydrogens is 162 g/mol. The van der Waals surface area contributed by atoms with Gasteiger partial charge in [-0.25, -0.2) is 0 Å². The van der Waals surface area contributed by atoms with Crippen molar-refractivity contribution in [2.24, 2.45) is 7.05 Å². The fourth-order valence-corrected chi connectivity index (χ4v) is 1.56. The average molecular weight is 175 g/mol. The molecule has 0 aliphatic carbocycles. The van der Waals surface area contributed by atoms with E-state index < -0.39 is 0 Å². The molecule has 0 fully saturated rings. The lowest BCUT2D eigenvalue weighted by molar-refractivity contribution is 0.924. The van der Waals surface area contributed by atoms with Gasteiger partial charge in [-0.3, -0.25) is 0 Å². The van der Waals surface area contributed by atoms with Crippen LogP contribution in [0.5, 0.6) is 0 Å². The van der Waals surface area contributed by atoms with E-state index in [4.69, 9.17) is 0 Å². The Morgan fingerprint density at radius 2 is 2.15 bits per heavy atom. The lowest BCUT2D eigenvalue weighted by Crippen LogP contribution is -1.92. The van der Waals surface area contributed by atoms with Gasteiger partial charge < -0.3 is 4.57 Å². The molecule has 0 atom stereocenters. The monoisotopic (exact) mass is 175 g/mol. The van der Waals surface area contributed by atoms with Crippen LogP contribution in [0.15, 0.2) is 12.3 Å². The molecule has 0 saturated carbocycles. The van der Waals surface area contributed by atoms with Gasteiger partial charge in [-0.15, -0.1) is 5.10 Å². The van der Waals surface area contributed by atoms with Gasteiger partial charge in [0.15, 0.2) is 0 Å². The van der Waals surface area contributed by atoms with Crippen LogP contribution in [-0.2, 0) is 13.5 Å². The summed E-state index contributed by atoms with van der Waals surface area (Å²) in [6.07, 6.45) is 3.02. The molecule has 0 aromatic carbocycles. The van der Waals surface area contributed by atoms with Gasteiger partial charge >= 0.3 is 0 Å². The molecule has 0 N–H and O–H groups in total. The summed E-state index contributed by atoms with van der Waals surface area (Å²) in [5, 5.41) is 8.34. The first kappa shape index (κ1) is 8.23. The van der Waals surface area contributed by atoms with Crippen molar-refractivity contribution >= 4 is 11.0 Å². The molecule has 0 bridgehead atoms. The van der Waals surface area contributed by atoms with Crippen molar-refractivity contribution in [3.63, 3.8) is 0 Å². The molecule has 0 radical (unpaired) electrons. The fourth-order valence-electron chi connectivity index (χ4n) is 1.56. The van der Waals surface area contributed by atoms with Crippen molar-refractivity contribution in [3.8, 4) is 0 Å². The minimum absolute atomic E-state index is 0.938. The van der Waals surface area contributed by atoms with Crippen molar-refractivity contribution in [3.05, 3.63) is 23.5 Å². The second kappa shape index (κ2) is 2.83. The third kappa shape index (κ3) is 1.20. The number of aryl methyl sites for hydroxylation is 3. The Bertz CT molecular complexity index is 443. The van der Waals surface area contributed by atoms with E-state index >= 15 is 0 Å². The SMILES string of the molecule is CCc1cc2c(nn1)c(C)cn2C. The topological polar surface area (TPSA) is 30.7 Å². The third-order valence-electron chi connectivity index (χ3n) is 2.33. The number of rotatable bonds is 1. The Hall–Kier alpha value is -1.38. The molecule has 2 aromatic rings. The van der Waals surface area contributed by atoms with Gasteiger partial charge in [-0.2, -0.15) is 5.10 Å². The van der Waals surface area contributed by atoms with Crippen LogP contribution in [0.25, 0.3) is 11.0 Å². The smallest absolute Gasteiger partial charge is 0.114 e. The maximum Gasteiger partial charge on any atom is 0.114 e. The number of aromatic nitrogens is 3. The quantitative estimate of drug-likeness (QED) is 0.662. The summed E-state index contributed by atoms with van der Waals surface area (Å²) in [5.74, 6) is 0. The number of hydrogen-bond acceptors (Lipinski definition) is 2. The largest absolute Gasteiger partial charge is 0.349 e. The van der Waals surface area contributed by atoms with Gasteiger partial charge in [0.1, 0.15) is 5.52 Å². The minimum atomic E-state index is 0.938. The summed E-state index contributed by atoms with van der Waals surface area (Å²) in [6, 6.07) is 2.11. The lowest BCUT2D eigenvalue weighted by atomic mass is 10.2. The first-order valence-corrected chi connectivity index (χ1v) is 4.50. The Labute approximate surface area is 77.4 Å². The van der Waals surface area contributed by atoms with Crippen LogP contribution in [0.4, 0.5) is 0 Å². The second-order valence-electron chi connectivity index (χ2n) is 3.35. The second-order valence-corrected chi connectivity index (χ2v) is 3.35. The highest BCUT2D eigenvalue weighted by Crippen LogP contribution is 2.16. The number of nitrogens with zero attached hydrogens (tertiary/aromatic N) is 3. The van der Waals surface area contributed by atoms with E-state index in [0.29, 0.717) is 0 Å². The first-order valence-electron chi connectivity index (χ1n) is 4.50. The zero-order chi connectivity index (χ0) is 9.42. The minimum Gasteiger partial charge on any atom is -0.349 e. The number of fused-ring (bicyclic) bond motifs is 1. The Morgan fingerprint density at radius 3 is 2.85 bits per heavy atom. The van der Waals surface area contributed by atoms with E-state index in [0.717, 1.165) is 17.6 Å². The molecule has 3 heteroatoms. The molecule has 0 amide bonds. The lowest BCUT2D eigenvalue weighted by Gasteiger charge is -1.97. The van der Waals surface area contributed by atoms with Gasteiger partial charge in [0.2, 0.25) is 0 Å². The van der Waals surface area contributed by atoms with Crippen molar-refractivity contribution in [1.29, 1.82) is 0 Å². The van der Waals surface area contributed by atoms with Crippen molar-refractivity contribution in [1.82, 2.24) is 14.8 Å². The molecule has 0 aliphatic heterocycles. The Morgan fingerprint density at radius 1 is 1.38 bits per heavy atom. The summed E-state index contributed by atoms with van der Waals surface area (Å²) in [7, 11) is 2.04. The van der Waals surface area contributed by atoms with Gasteiger partial charge in [0.05, 0.1) is 11.2 Å². The average Bonchev–Trinajstić information content (AvgIpc) is 2.42. The van der Waals surface area contributed by atoms with E-state index in [-0.39, 0.29) is 0 Å². The van der Waals surface area contributed by atoms with E-state index in [9.17, 15) is 0 Å². The van der Waals surface area contributed by atoms with Crippen molar-refractivity contribution < 1.29 is 0 Å². The predicted octanol–water partition coefficient (Wildman–Crippen LogP) is 1.84. The molecule has 68 valence electrons. The fraction of sp³-hybridized carbons (Fsp3) is 0.400. The molecule has 0 saturated heterocycles. The Balaban J connectivity index is 2.76. The van der Waals surface area contributed by atoms with Crippen molar-refractivity contribution in [2.75, 3.05) is 0 Å².